The molecule has 0 saturated carbocycles. The number of anilines is 1. The molecule has 7 nitrogen and oxygen atoms in total. The first-order valence-electron chi connectivity index (χ1n) is 13.4. The molecule has 0 unspecified atom stereocenters. The number of nitrogens with one attached hydrogen (secondary N) is 1. The Kier molecular flexibility index (Phi) is 7.44. The first kappa shape index (κ1) is 26.6. The highest BCUT2D eigenvalue weighted by Gasteiger charge is 2.37. The molecule has 6 rings (SSSR count). The minimum atomic E-state index is -0.436. The molecule has 2 aliphatic rings. The fourth-order valence-corrected chi connectivity index (χ4v) is 5.89. The largest absolute Gasteiger partial charge is 0.493 e. The minimum Gasteiger partial charge on any atom is -0.493 e. The molecule has 1 aliphatic heterocycles. The third-order valence-corrected chi connectivity index (χ3v) is 7.95. The molecule has 0 spiro atoms. The number of nitro benzene ring substituents is 1. The van der Waals surface area contributed by atoms with Gasteiger partial charge in [0.2, 0.25) is 0 Å². The summed E-state index contributed by atoms with van der Waals surface area (Å²) in [6.07, 6.45) is 7.46. The molecule has 0 fully saturated rings. The van der Waals surface area contributed by atoms with Crippen LogP contribution in [-0.4, -0.2) is 18.2 Å². The second-order valence-corrected chi connectivity index (χ2v) is 10.6. The minimum absolute atomic E-state index is 0.0267. The second kappa shape index (κ2) is 11.5. The first-order chi connectivity index (χ1) is 20.0. The van der Waals surface area contributed by atoms with E-state index in [1.54, 1.807) is 31.5 Å². The van der Waals surface area contributed by atoms with Gasteiger partial charge in [-0.05, 0) is 77.1 Å². The third-order valence-electron chi connectivity index (χ3n) is 7.67. The molecule has 3 atom stereocenters. The maximum atomic E-state index is 10.9. The highest BCUT2D eigenvalue weighted by atomic mass is 35.5. The average Bonchev–Trinajstić information content (AvgIpc) is 3.50. The molecule has 0 amide bonds. The molecule has 4 aromatic rings. The number of nitrogens with zero attached hydrogens (tertiary/aromatic N) is 2. The van der Waals surface area contributed by atoms with Gasteiger partial charge in [0.1, 0.15) is 6.61 Å². The monoisotopic (exact) mass is 565 g/mol. The van der Waals surface area contributed by atoms with E-state index < -0.39 is 4.92 Å². The van der Waals surface area contributed by atoms with Crippen molar-refractivity contribution in [3.63, 3.8) is 0 Å². The molecular formula is C33H28ClN3O4. The Morgan fingerprint density at radius 2 is 1.85 bits per heavy atom. The smallest absolute Gasteiger partial charge is 0.269 e. The van der Waals surface area contributed by atoms with Crippen LogP contribution in [0.5, 0.6) is 11.5 Å². The summed E-state index contributed by atoms with van der Waals surface area (Å²) in [6.45, 7) is 0.187. The van der Waals surface area contributed by atoms with Crippen molar-refractivity contribution in [1.29, 1.82) is 0 Å². The molecule has 4 aromatic carbocycles. The van der Waals surface area contributed by atoms with Crippen molar-refractivity contribution < 1.29 is 14.4 Å². The Balaban J connectivity index is 1.15. The summed E-state index contributed by atoms with van der Waals surface area (Å²) in [6, 6.07) is 26.9. The fourth-order valence-electron chi connectivity index (χ4n) is 5.61. The van der Waals surface area contributed by atoms with Crippen LogP contribution >= 0.6 is 11.6 Å². The van der Waals surface area contributed by atoms with Crippen LogP contribution in [0.15, 0.2) is 102 Å². The van der Waals surface area contributed by atoms with Crippen LogP contribution in [0, 0.1) is 16.0 Å². The normalized spacial score (nSPS) is 18.9. The quantitative estimate of drug-likeness (QED) is 0.100. The highest BCUT2D eigenvalue weighted by molar-refractivity contribution is 6.32. The van der Waals surface area contributed by atoms with Crippen molar-refractivity contribution in [3.05, 3.63) is 134 Å². The number of fused-ring (bicyclic) bond motifs is 3. The van der Waals surface area contributed by atoms with E-state index in [0.29, 0.717) is 28.4 Å². The number of non-ortho nitro benzene ring substituents is 1. The van der Waals surface area contributed by atoms with Crippen molar-refractivity contribution in [3.8, 4) is 11.5 Å². The van der Waals surface area contributed by atoms with Crippen LogP contribution in [-0.2, 0) is 6.61 Å². The van der Waals surface area contributed by atoms with Crippen LogP contribution in [0.2, 0.25) is 5.02 Å². The number of rotatable bonds is 8. The van der Waals surface area contributed by atoms with Crippen molar-refractivity contribution in [2.24, 2.45) is 10.9 Å². The van der Waals surface area contributed by atoms with Crippen LogP contribution in [0.25, 0.3) is 0 Å². The number of benzene rings is 4. The van der Waals surface area contributed by atoms with Gasteiger partial charge in [0, 0.05) is 30.0 Å². The molecule has 8 heteroatoms. The number of aliphatic imine (C=N–C) groups is 1. The molecule has 0 saturated heterocycles. The Labute approximate surface area is 243 Å². The number of methoxy groups -OCH3 is 1. The molecule has 41 heavy (non-hydrogen) atoms. The Hall–Kier alpha value is -4.62. The lowest BCUT2D eigenvalue weighted by Gasteiger charge is -2.37. The van der Waals surface area contributed by atoms with Gasteiger partial charge < -0.3 is 14.8 Å². The zero-order chi connectivity index (χ0) is 28.3. The Morgan fingerprint density at radius 1 is 1.07 bits per heavy atom. The summed E-state index contributed by atoms with van der Waals surface area (Å²) >= 11 is 6.55. The van der Waals surface area contributed by atoms with Crippen molar-refractivity contribution in [1.82, 2.24) is 0 Å². The van der Waals surface area contributed by atoms with Crippen LogP contribution in [0.4, 0.5) is 17.1 Å². The molecular weight excluding hydrogens is 538 g/mol. The lowest BCUT2D eigenvalue weighted by atomic mass is 9.77. The number of hydrogen-bond acceptors (Lipinski definition) is 6. The van der Waals surface area contributed by atoms with Crippen LogP contribution < -0.4 is 14.8 Å². The lowest BCUT2D eigenvalue weighted by molar-refractivity contribution is -0.384. The molecule has 0 radical (unpaired) electrons. The van der Waals surface area contributed by atoms with Gasteiger partial charge in [0.15, 0.2) is 11.5 Å². The van der Waals surface area contributed by atoms with E-state index in [2.05, 4.69) is 58.9 Å². The molecule has 0 aromatic heterocycles. The van der Waals surface area contributed by atoms with E-state index in [1.807, 2.05) is 18.2 Å². The zero-order valence-corrected chi connectivity index (χ0v) is 23.1. The Morgan fingerprint density at radius 3 is 2.61 bits per heavy atom. The van der Waals surface area contributed by atoms with Gasteiger partial charge in [-0.3, -0.25) is 15.1 Å². The molecule has 0 bridgehead atoms. The van der Waals surface area contributed by atoms with E-state index in [0.717, 1.165) is 23.2 Å². The van der Waals surface area contributed by atoms with Crippen molar-refractivity contribution >= 4 is 34.9 Å². The molecule has 1 heterocycles. The molecule has 1 N–H and O–H groups in total. The van der Waals surface area contributed by atoms with Crippen molar-refractivity contribution in [2.75, 3.05) is 12.4 Å². The topological polar surface area (TPSA) is 86.0 Å². The van der Waals surface area contributed by atoms with E-state index in [4.69, 9.17) is 21.1 Å². The second-order valence-electron chi connectivity index (χ2n) is 10.2. The van der Waals surface area contributed by atoms with E-state index in [9.17, 15) is 10.1 Å². The third kappa shape index (κ3) is 5.54. The van der Waals surface area contributed by atoms with Crippen molar-refractivity contribution in [2.45, 2.75) is 25.0 Å². The number of allylic oxidation sites excluding steroid dienone is 2. The van der Waals surface area contributed by atoms with Crippen LogP contribution in [0.3, 0.4) is 0 Å². The van der Waals surface area contributed by atoms with Gasteiger partial charge in [0.05, 0.1) is 28.8 Å². The van der Waals surface area contributed by atoms with E-state index >= 15 is 0 Å². The van der Waals surface area contributed by atoms with E-state index in [-0.39, 0.29) is 18.3 Å². The summed E-state index contributed by atoms with van der Waals surface area (Å²) < 4.78 is 11.4. The highest BCUT2D eigenvalue weighted by Crippen LogP contribution is 2.49. The number of nitro groups is 1. The number of ether oxygens (including phenoxy) is 2. The van der Waals surface area contributed by atoms with Gasteiger partial charge in [-0.2, -0.15) is 0 Å². The van der Waals surface area contributed by atoms with E-state index in [1.165, 1.54) is 28.9 Å². The predicted octanol–water partition coefficient (Wildman–Crippen LogP) is 8.41. The Bertz CT molecular complexity index is 1630. The summed E-state index contributed by atoms with van der Waals surface area (Å²) in [4.78, 5) is 15.1. The predicted molar refractivity (Wildman–Crippen MR) is 162 cm³/mol. The number of hydrogen-bond donors (Lipinski definition) is 1. The average molecular weight is 566 g/mol. The fraction of sp³-hybridized carbons (Fsp3) is 0.182. The molecule has 206 valence electrons. The zero-order valence-electron chi connectivity index (χ0n) is 22.4. The molecule has 1 aliphatic carbocycles. The maximum Gasteiger partial charge on any atom is 0.269 e. The summed E-state index contributed by atoms with van der Waals surface area (Å²) in [5, 5.41) is 15.0. The van der Waals surface area contributed by atoms with Gasteiger partial charge in [-0.25, -0.2) is 0 Å². The summed E-state index contributed by atoms with van der Waals surface area (Å²) in [5.74, 6) is 1.81. The van der Waals surface area contributed by atoms with Gasteiger partial charge in [0.25, 0.3) is 5.69 Å². The van der Waals surface area contributed by atoms with Crippen LogP contribution in [0.1, 0.15) is 40.6 Å². The summed E-state index contributed by atoms with van der Waals surface area (Å²) in [5.41, 5.74) is 6.23. The first-order valence-corrected chi connectivity index (χ1v) is 13.8. The van der Waals surface area contributed by atoms with Gasteiger partial charge >= 0.3 is 0 Å². The SMILES string of the molecule is COc1cc(C=Nc2ccc([C@@H]3Nc4ccccc4[C@H]4C=CC[C@H]43)cc2)cc(Cl)c1OCc1ccc([N+](=O)[O-])cc1. The number of para-hydroxylation sites is 1. The van der Waals surface area contributed by atoms with Gasteiger partial charge in [-0.15, -0.1) is 0 Å². The van der Waals surface area contributed by atoms with Gasteiger partial charge in [-0.1, -0.05) is 54.1 Å². The standard InChI is InChI=1S/C33H28ClN3O4/c1-40-31-18-22(17-29(34)33(31)41-20-21-9-15-25(16-10-21)37(38)39)19-35-24-13-11-23(12-14-24)32-28-7-4-6-26(28)27-5-2-3-8-30(27)36-32/h2-6,8-19,26,28,32,36H,7,20H2,1H3/t26-,28-,32+/m1/s1. The maximum absolute atomic E-state index is 10.9. The lowest BCUT2D eigenvalue weighted by Crippen LogP contribution is -2.28. The number of halogens is 1. The summed E-state index contributed by atoms with van der Waals surface area (Å²) in [7, 11) is 1.55.